The van der Waals surface area contributed by atoms with E-state index in [4.69, 9.17) is 5.73 Å². The van der Waals surface area contributed by atoms with Crippen molar-refractivity contribution in [2.75, 3.05) is 5.32 Å². The lowest BCUT2D eigenvalue weighted by molar-refractivity contribution is 0.583. The van der Waals surface area contributed by atoms with Crippen molar-refractivity contribution in [1.82, 2.24) is 4.98 Å². The second-order valence-corrected chi connectivity index (χ2v) is 7.86. The fourth-order valence-corrected chi connectivity index (χ4v) is 2.95. The van der Waals surface area contributed by atoms with Crippen LogP contribution in [-0.2, 0) is 12.0 Å². The van der Waals surface area contributed by atoms with Gasteiger partial charge in [-0.05, 0) is 23.6 Å². The van der Waals surface area contributed by atoms with Crippen LogP contribution in [0, 0.1) is 0 Å². The van der Waals surface area contributed by atoms with Crippen molar-refractivity contribution in [3.05, 3.63) is 45.9 Å². The molecule has 1 aromatic carbocycles. The smallest absolute Gasteiger partial charge is 0.193 e. The Morgan fingerprint density at radius 1 is 1.33 bits per heavy atom. The molecule has 0 atom stereocenters. The molecule has 1 aromatic heterocycles. The number of anilines is 1. The van der Waals surface area contributed by atoms with Gasteiger partial charge in [0.15, 0.2) is 5.96 Å². The average molecular weight is 458 g/mol. The van der Waals surface area contributed by atoms with Crippen LogP contribution in [0.2, 0.25) is 0 Å². The number of hydrogen-bond donors (Lipinski definition) is 2. The Kier molecular flexibility index (Phi) is 7.66. The average Bonchev–Trinajstić information content (AvgIpc) is 2.94. The van der Waals surface area contributed by atoms with E-state index in [9.17, 15) is 0 Å². The quantitative estimate of drug-likeness (QED) is 0.380. The zero-order chi connectivity index (χ0) is 17.0. The molecule has 1 heterocycles. The monoisotopic (exact) mass is 458 g/mol. The predicted molar refractivity (Wildman–Crippen MR) is 116 cm³/mol. The molecular weight excluding hydrogens is 431 g/mol. The number of rotatable bonds is 4. The third kappa shape index (κ3) is 6.05. The van der Waals surface area contributed by atoms with Crippen LogP contribution in [0.3, 0.4) is 0 Å². The van der Waals surface area contributed by atoms with Crippen LogP contribution in [-0.4, -0.2) is 10.9 Å². The normalized spacial score (nSPS) is 12.2. The van der Waals surface area contributed by atoms with Crippen molar-refractivity contribution in [3.63, 3.8) is 0 Å². The van der Waals surface area contributed by atoms with Crippen molar-refractivity contribution in [2.45, 2.75) is 52.5 Å². The summed E-state index contributed by atoms with van der Waals surface area (Å²) in [6.45, 7) is 11.3. The van der Waals surface area contributed by atoms with E-state index in [1.165, 1.54) is 5.56 Å². The second-order valence-electron chi connectivity index (χ2n) is 7.00. The van der Waals surface area contributed by atoms with Crippen LogP contribution < -0.4 is 11.1 Å². The topological polar surface area (TPSA) is 63.3 Å². The summed E-state index contributed by atoms with van der Waals surface area (Å²) in [6.07, 6.45) is 0. The summed E-state index contributed by atoms with van der Waals surface area (Å²) >= 11 is 1.68. The van der Waals surface area contributed by atoms with Gasteiger partial charge < -0.3 is 11.1 Å². The molecule has 0 saturated carbocycles. The lowest BCUT2D eigenvalue weighted by atomic mass is 9.98. The molecular formula is C18H27IN4S. The van der Waals surface area contributed by atoms with Crippen molar-refractivity contribution in [2.24, 2.45) is 10.7 Å². The fraction of sp³-hybridized carbons (Fsp3) is 0.444. The molecule has 0 aliphatic carbocycles. The summed E-state index contributed by atoms with van der Waals surface area (Å²) in [5, 5.41) is 6.32. The van der Waals surface area contributed by atoms with Crippen molar-refractivity contribution in [1.29, 1.82) is 0 Å². The zero-order valence-corrected chi connectivity index (χ0v) is 18.1. The van der Waals surface area contributed by atoms with Gasteiger partial charge in [0.2, 0.25) is 0 Å². The Morgan fingerprint density at radius 2 is 2.04 bits per heavy atom. The molecule has 6 heteroatoms. The Balaban J connectivity index is 0.00000288. The molecule has 0 amide bonds. The van der Waals surface area contributed by atoms with Crippen LogP contribution in [0.5, 0.6) is 0 Å². The number of aliphatic imine (C=N–C) groups is 1. The summed E-state index contributed by atoms with van der Waals surface area (Å²) < 4.78 is 0. The molecule has 0 aliphatic heterocycles. The van der Waals surface area contributed by atoms with E-state index in [-0.39, 0.29) is 29.4 Å². The number of nitrogens with two attached hydrogens (primary N) is 1. The minimum absolute atomic E-state index is 0. The Hall–Kier alpha value is -1.15. The number of guanidine groups is 1. The first-order valence-corrected chi connectivity index (χ1v) is 8.75. The van der Waals surface area contributed by atoms with E-state index in [0.29, 0.717) is 18.4 Å². The Morgan fingerprint density at radius 3 is 2.62 bits per heavy atom. The van der Waals surface area contributed by atoms with E-state index >= 15 is 0 Å². The second kappa shape index (κ2) is 8.80. The number of hydrogen-bond acceptors (Lipinski definition) is 3. The molecule has 24 heavy (non-hydrogen) atoms. The lowest BCUT2D eigenvalue weighted by Gasteiger charge is -2.13. The Bertz CT molecular complexity index is 686. The number of benzene rings is 1. The maximum absolute atomic E-state index is 5.99. The molecule has 3 N–H and O–H groups in total. The summed E-state index contributed by atoms with van der Waals surface area (Å²) in [7, 11) is 0. The third-order valence-corrected chi connectivity index (χ3v) is 4.75. The number of thiazole rings is 1. The van der Waals surface area contributed by atoms with Gasteiger partial charge >= 0.3 is 0 Å². The van der Waals surface area contributed by atoms with E-state index < -0.39 is 0 Å². The molecule has 2 rings (SSSR count). The molecule has 2 aromatic rings. The number of aromatic nitrogens is 1. The van der Waals surface area contributed by atoms with Crippen molar-refractivity contribution < 1.29 is 0 Å². The van der Waals surface area contributed by atoms with Gasteiger partial charge in [0.05, 0.1) is 17.2 Å². The van der Waals surface area contributed by atoms with Gasteiger partial charge in [0, 0.05) is 16.5 Å². The van der Waals surface area contributed by atoms with Gasteiger partial charge in [-0.3, -0.25) is 0 Å². The minimum Gasteiger partial charge on any atom is -0.370 e. The highest BCUT2D eigenvalue weighted by atomic mass is 127. The lowest BCUT2D eigenvalue weighted by Crippen LogP contribution is -2.22. The van der Waals surface area contributed by atoms with Crippen LogP contribution in [0.1, 0.15) is 56.8 Å². The number of nitrogens with one attached hydrogen (secondary N) is 1. The van der Waals surface area contributed by atoms with Gasteiger partial charge in [0.25, 0.3) is 0 Å². The maximum atomic E-state index is 5.99. The molecule has 0 fully saturated rings. The van der Waals surface area contributed by atoms with Crippen LogP contribution >= 0.6 is 35.3 Å². The first-order chi connectivity index (χ1) is 10.8. The highest BCUT2D eigenvalue weighted by Crippen LogP contribution is 2.25. The minimum atomic E-state index is 0. The molecule has 0 spiro atoms. The molecule has 0 unspecified atom stereocenters. The summed E-state index contributed by atoms with van der Waals surface area (Å²) in [5.41, 5.74) is 9.26. The first-order valence-electron chi connectivity index (χ1n) is 7.87. The zero-order valence-electron chi connectivity index (χ0n) is 15.0. The third-order valence-electron chi connectivity index (χ3n) is 3.43. The fourth-order valence-electron chi connectivity index (χ4n) is 2.05. The summed E-state index contributed by atoms with van der Waals surface area (Å²) in [5.74, 6) is 0.900. The standard InChI is InChI=1S/C18H26N4S.HI/c1-12(2)13-7-6-8-14(9-13)22-17(19)20-10-15-11-23-16(21-15)18(3,4)5;/h6-9,11-12H,10H2,1-5H3,(H3,19,20,22);1H. The largest absolute Gasteiger partial charge is 0.370 e. The molecule has 4 nitrogen and oxygen atoms in total. The van der Waals surface area contributed by atoms with Crippen LogP contribution in [0.4, 0.5) is 5.69 Å². The van der Waals surface area contributed by atoms with Crippen molar-refractivity contribution in [3.8, 4) is 0 Å². The number of nitrogens with zero attached hydrogens (tertiary/aromatic N) is 2. The Labute approximate surface area is 166 Å². The maximum Gasteiger partial charge on any atom is 0.193 e. The molecule has 132 valence electrons. The van der Waals surface area contributed by atoms with Crippen molar-refractivity contribution >= 4 is 47.0 Å². The highest BCUT2D eigenvalue weighted by Gasteiger charge is 2.17. The van der Waals surface area contributed by atoms with E-state index in [1.807, 2.05) is 12.1 Å². The molecule has 0 saturated heterocycles. The van der Waals surface area contributed by atoms with Gasteiger partial charge in [-0.2, -0.15) is 0 Å². The van der Waals surface area contributed by atoms with E-state index in [0.717, 1.165) is 16.4 Å². The van der Waals surface area contributed by atoms with Gasteiger partial charge in [-0.15, -0.1) is 35.3 Å². The highest BCUT2D eigenvalue weighted by molar-refractivity contribution is 14.0. The first kappa shape index (κ1) is 20.9. The summed E-state index contributed by atoms with van der Waals surface area (Å²) in [6, 6.07) is 8.25. The van der Waals surface area contributed by atoms with Gasteiger partial charge in [-0.1, -0.05) is 46.8 Å². The molecule has 0 radical (unpaired) electrons. The summed E-state index contributed by atoms with van der Waals surface area (Å²) in [4.78, 5) is 9.01. The van der Waals surface area contributed by atoms with Gasteiger partial charge in [0.1, 0.15) is 0 Å². The van der Waals surface area contributed by atoms with E-state index in [2.05, 4.69) is 67.4 Å². The van der Waals surface area contributed by atoms with E-state index in [1.54, 1.807) is 11.3 Å². The van der Waals surface area contributed by atoms with Crippen LogP contribution in [0.25, 0.3) is 0 Å². The predicted octanol–water partition coefficient (Wildman–Crippen LogP) is 5.11. The number of halogens is 1. The SMILES string of the molecule is CC(C)c1cccc(NC(N)=NCc2csc(C(C)(C)C)n2)c1.I. The molecule has 0 bridgehead atoms. The van der Waals surface area contributed by atoms with Crippen LogP contribution in [0.15, 0.2) is 34.6 Å². The molecule has 0 aliphatic rings. The van der Waals surface area contributed by atoms with Gasteiger partial charge in [-0.25, -0.2) is 9.98 Å².